The van der Waals surface area contributed by atoms with Gasteiger partial charge in [-0.2, -0.15) is 0 Å². The van der Waals surface area contributed by atoms with Crippen LogP contribution in [0.2, 0.25) is 0 Å². The van der Waals surface area contributed by atoms with Crippen molar-refractivity contribution >= 4 is 0 Å². The molecule has 4 rings (SSSR count). The maximum atomic E-state index is 14.4. The van der Waals surface area contributed by atoms with Crippen molar-refractivity contribution in [2.24, 2.45) is 5.92 Å². The summed E-state index contributed by atoms with van der Waals surface area (Å²) in [4.78, 5) is 2.30. The van der Waals surface area contributed by atoms with Gasteiger partial charge in [0.25, 0.3) is 0 Å². The smallest absolute Gasteiger partial charge is 0.129 e. The Morgan fingerprint density at radius 3 is 2.72 bits per heavy atom. The summed E-state index contributed by atoms with van der Waals surface area (Å²) >= 11 is 0. The Kier molecular flexibility index (Phi) is 5.99. The summed E-state index contributed by atoms with van der Waals surface area (Å²) in [5, 5.41) is 10.3. The zero-order chi connectivity index (χ0) is 20.4. The number of methoxy groups -OCH3 is 1. The maximum absolute atomic E-state index is 14.4. The van der Waals surface area contributed by atoms with E-state index in [1.54, 1.807) is 13.2 Å². The fourth-order valence-corrected chi connectivity index (χ4v) is 4.68. The van der Waals surface area contributed by atoms with E-state index in [1.807, 2.05) is 12.1 Å². The third kappa shape index (κ3) is 4.22. The Balaban J connectivity index is 1.48. The van der Waals surface area contributed by atoms with E-state index in [9.17, 15) is 13.9 Å². The van der Waals surface area contributed by atoms with Crippen LogP contribution < -0.4 is 15.6 Å². The van der Waals surface area contributed by atoms with Gasteiger partial charge in [0, 0.05) is 48.8 Å². The van der Waals surface area contributed by atoms with Gasteiger partial charge in [0.15, 0.2) is 0 Å². The van der Waals surface area contributed by atoms with Crippen LogP contribution in [0.25, 0.3) is 0 Å². The second-order valence-electron chi connectivity index (χ2n) is 7.92. The molecule has 2 heterocycles. The van der Waals surface area contributed by atoms with Crippen molar-refractivity contribution in [2.75, 3.05) is 26.7 Å². The molecule has 3 unspecified atom stereocenters. The summed E-state index contributed by atoms with van der Waals surface area (Å²) in [7, 11) is 1.57. The van der Waals surface area contributed by atoms with Crippen molar-refractivity contribution < 1.29 is 18.6 Å². The van der Waals surface area contributed by atoms with E-state index in [-0.39, 0.29) is 29.2 Å². The van der Waals surface area contributed by atoms with Crippen LogP contribution in [-0.2, 0) is 6.54 Å². The number of hydrogen-bond acceptors (Lipinski definition) is 5. The lowest BCUT2D eigenvalue weighted by Crippen LogP contribution is -2.46. The van der Waals surface area contributed by atoms with Gasteiger partial charge in [-0.3, -0.25) is 15.8 Å². The molecule has 0 spiro atoms. The first kappa shape index (κ1) is 20.1. The fraction of sp³-hybridized carbons (Fsp3) is 0.455. The highest BCUT2D eigenvalue weighted by Crippen LogP contribution is 2.35. The first-order valence-electron chi connectivity index (χ1n) is 10.1. The minimum atomic E-state index is -0.485. The summed E-state index contributed by atoms with van der Waals surface area (Å²) in [6.45, 7) is 2.86. The van der Waals surface area contributed by atoms with E-state index in [0.29, 0.717) is 18.8 Å². The molecule has 2 aromatic carbocycles. The summed E-state index contributed by atoms with van der Waals surface area (Å²) in [5.74, 6) is -0.126. The largest absolute Gasteiger partial charge is 0.507 e. The van der Waals surface area contributed by atoms with Crippen LogP contribution in [0.4, 0.5) is 8.78 Å². The third-order valence-corrected chi connectivity index (χ3v) is 6.13. The zero-order valence-electron chi connectivity index (χ0n) is 16.5. The summed E-state index contributed by atoms with van der Waals surface area (Å²) < 4.78 is 33.9. The zero-order valence-corrected chi connectivity index (χ0v) is 16.5. The molecule has 29 heavy (non-hydrogen) atoms. The molecule has 2 saturated heterocycles. The molecule has 3 N–H and O–H groups in total. The number of hydrogen-bond donors (Lipinski definition) is 3. The van der Waals surface area contributed by atoms with Gasteiger partial charge in [0.05, 0.1) is 7.11 Å². The number of piperidine rings is 1. The Morgan fingerprint density at radius 1 is 1.21 bits per heavy atom. The minimum absolute atomic E-state index is 0.0475. The maximum Gasteiger partial charge on any atom is 0.129 e. The number of ether oxygens (including phenoxy) is 1. The number of nitrogens with one attached hydrogen (secondary N) is 2. The van der Waals surface area contributed by atoms with Crippen molar-refractivity contribution in [1.29, 1.82) is 0 Å². The van der Waals surface area contributed by atoms with Gasteiger partial charge in [-0.15, -0.1) is 0 Å². The molecule has 3 atom stereocenters. The number of likely N-dealkylation sites (tertiary alicyclic amines) is 1. The number of rotatable bonds is 5. The van der Waals surface area contributed by atoms with Crippen molar-refractivity contribution in [3.8, 4) is 11.5 Å². The van der Waals surface area contributed by atoms with E-state index in [4.69, 9.17) is 4.74 Å². The van der Waals surface area contributed by atoms with Gasteiger partial charge in [0.1, 0.15) is 23.1 Å². The number of benzene rings is 2. The van der Waals surface area contributed by atoms with E-state index in [0.717, 1.165) is 31.5 Å². The molecule has 7 heteroatoms. The van der Waals surface area contributed by atoms with E-state index >= 15 is 0 Å². The fourth-order valence-electron chi connectivity index (χ4n) is 4.68. The highest BCUT2D eigenvalue weighted by molar-refractivity contribution is 5.39. The van der Waals surface area contributed by atoms with Gasteiger partial charge in [0.2, 0.25) is 0 Å². The van der Waals surface area contributed by atoms with Crippen LogP contribution in [0.5, 0.6) is 11.5 Å². The molecule has 2 aliphatic heterocycles. The molecule has 0 amide bonds. The van der Waals surface area contributed by atoms with Crippen molar-refractivity contribution in [3.05, 3.63) is 59.2 Å². The second kappa shape index (κ2) is 8.65. The average Bonchev–Trinajstić information content (AvgIpc) is 3.19. The lowest BCUT2D eigenvalue weighted by Gasteiger charge is -2.37. The highest BCUT2D eigenvalue weighted by atomic mass is 19.1. The predicted octanol–water partition coefficient (Wildman–Crippen LogP) is 3.15. The van der Waals surface area contributed by atoms with E-state index < -0.39 is 11.6 Å². The van der Waals surface area contributed by atoms with Gasteiger partial charge >= 0.3 is 0 Å². The molecule has 5 nitrogen and oxygen atoms in total. The number of halogens is 2. The summed E-state index contributed by atoms with van der Waals surface area (Å²) in [5.41, 5.74) is 7.38. The minimum Gasteiger partial charge on any atom is -0.507 e. The molecule has 2 aromatic rings. The number of phenols is 1. The normalized spacial score (nSPS) is 25.3. The average molecular weight is 403 g/mol. The molecule has 2 aliphatic rings. The Labute approximate surface area is 169 Å². The van der Waals surface area contributed by atoms with Crippen LogP contribution in [0.3, 0.4) is 0 Å². The predicted molar refractivity (Wildman–Crippen MR) is 107 cm³/mol. The molecule has 0 saturated carbocycles. The molecule has 0 radical (unpaired) electrons. The molecule has 0 aromatic heterocycles. The van der Waals surface area contributed by atoms with E-state index in [2.05, 4.69) is 15.8 Å². The van der Waals surface area contributed by atoms with Crippen LogP contribution in [-0.4, -0.2) is 42.8 Å². The van der Waals surface area contributed by atoms with E-state index in [1.165, 1.54) is 18.2 Å². The van der Waals surface area contributed by atoms with Crippen LogP contribution in [0, 0.1) is 17.6 Å². The van der Waals surface area contributed by atoms with Gasteiger partial charge in [-0.1, -0.05) is 12.1 Å². The molecular weight excluding hydrogens is 376 g/mol. The van der Waals surface area contributed by atoms with Crippen LogP contribution >= 0.6 is 0 Å². The molecule has 2 fully saturated rings. The summed E-state index contributed by atoms with van der Waals surface area (Å²) in [6, 6.07) is 9.36. The highest BCUT2D eigenvalue weighted by Gasteiger charge is 2.39. The van der Waals surface area contributed by atoms with Crippen molar-refractivity contribution in [2.45, 2.75) is 31.3 Å². The molecular formula is C22H27F2N3O2. The first-order chi connectivity index (χ1) is 14.1. The van der Waals surface area contributed by atoms with Gasteiger partial charge in [-0.05, 0) is 43.5 Å². The first-order valence-corrected chi connectivity index (χ1v) is 10.1. The quantitative estimate of drug-likeness (QED) is 0.716. The Morgan fingerprint density at radius 2 is 2.00 bits per heavy atom. The Bertz CT molecular complexity index is 844. The number of aromatic hydroxyl groups is 1. The Hall–Kier alpha value is -2.22. The lowest BCUT2D eigenvalue weighted by atomic mass is 9.80. The number of phenolic OH excluding ortho intramolecular Hbond substituents is 1. The van der Waals surface area contributed by atoms with Crippen molar-refractivity contribution in [3.63, 3.8) is 0 Å². The third-order valence-electron chi connectivity index (χ3n) is 6.13. The standard InChI is InChI=1S/C22H27F2N3O2/c1-29-16-8-7-14(20(28)10-16)12-27-9-3-4-15(13-27)22-17(11-25-26-22)21-18(23)5-2-6-19(21)24/h2,5-8,10,15,17,22,25-26,28H,3-4,9,11-13H2,1H3. The lowest BCUT2D eigenvalue weighted by molar-refractivity contribution is 0.138. The topological polar surface area (TPSA) is 56.8 Å². The molecule has 0 bridgehead atoms. The van der Waals surface area contributed by atoms with Crippen LogP contribution in [0.15, 0.2) is 36.4 Å². The second-order valence-corrected chi connectivity index (χ2v) is 7.92. The van der Waals surface area contributed by atoms with Crippen molar-refractivity contribution in [1.82, 2.24) is 15.8 Å². The summed E-state index contributed by atoms with van der Waals surface area (Å²) in [6.07, 6.45) is 2.00. The number of hydrazine groups is 1. The van der Waals surface area contributed by atoms with Gasteiger partial charge in [-0.25, -0.2) is 8.78 Å². The number of nitrogens with zero attached hydrogens (tertiary/aromatic N) is 1. The monoisotopic (exact) mass is 403 g/mol. The SMILES string of the molecule is COc1ccc(CN2CCCC(C3NNCC3c3c(F)cccc3F)C2)c(O)c1. The van der Waals surface area contributed by atoms with Gasteiger partial charge < -0.3 is 9.84 Å². The molecule has 0 aliphatic carbocycles. The van der Waals surface area contributed by atoms with Crippen LogP contribution in [0.1, 0.15) is 29.9 Å². The molecule has 156 valence electrons.